The Morgan fingerprint density at radius 1 is 1.08 bits per heavy atom. The van der Waals surface area contributed by atoms with Crippen LogP contribution < -0.4 is 9.47 Å². The molecule has 0 unspecified atom stereocenters. The van der Waals surface area contributed by atoms with Gasteiger partial charge in [-0.05, 0) is 62.7 Å². The maximum absolute atomic E-state index is 12.0. The molecule has 0 spiro atoms. The lowest BCUT2D eigenvalue weighted by molar-refractivity contribution is -0.142. The second-order valence-electron chi connectivity index (χ2n) is 8.62. The van der Waals surface area contributed by atoms with E-state index < -0.39 is 0 Å². The first-order valence-corrected chi connectivity index (χ1v) is 11.9. The topological polar surface area (TPSA) is 86.4 Å². The van der Waals surface area contributed by atoms with Crippen LogP contribution in [0.3, 0.4) is 0 Å². The molecule has 0 saturated carbocycles. The van der Waals surface area contributed by atoms with Gasteiger partial charge in [-0.25, -0.2) is 0 Å². The Hall–Kier alpha value is -4.31. The molecule has 0 aliphatic rings. The van der Waals surface area contributed by atoms with Gasteiger partial charge in [-0.3, -0.25) is 9.48 Å². The summed E-state index contributed by atoms with van der Waals surface area (Å²) in [6.07, 6.45) is 0.143. The van der Waals surface area contributed by atoms with Crippen LogP contribution in [0.5, 0.6) is 11.5 Å². The minimum atomic E-state index is -0.290. The molecule has 0 atom stereocenters. The van der Waals surface area contributed by atoms with E-state index in [2.05, 4.69) is 26.0 Å². The van der Waals surface area contributed by atoms with Gasteiger partial charge in [0.2, 0.25) is 0 Å². The van der Waals surface area contributed by atoms with Crippen LogP contribution in [-0.2, 0) is 22.6 Å². The van der Waals surface area contributed by atoms with Gasteiger partial charge in [0.15, 0.2) is 0 Å². The SMILES string of the molecule is CCOC(=O)Cc1ccccc1OCc1nn(C(C)C)c2ccc(-c3cc(C#N)ccc3OC)cc12. The molecule has 0 saturated heterocycles. The third kappa shape index (κ3) is 5.18. The number of methoxy groups -OCH3 is 1. The van der Waals surface area contributed by atoms with Gasteiger partial charge in [0, 0.05) is 22.6 Å². The number of rotatable bonds is 9. The highest BCUT2D eigenvalue weighted by Crippen LogP contribution is 2.34. The molecule has 184 valence electrons. The van der Waals surface area contributed by atoms with E-state index in [1.54, 1.807) is 26.2 Å². The number of benzene rings is 3. The van der Waals surface area contributed by atoms with Crippen LogP contribution in [0, 0.1) is 11.3 Å². The molecule has 0 aliphatic heterocycles. The number of nitriles is 1. The average molecular weight is 484 g/mol. The van der Waals surface area contributed by atoms with Crippen LogP contribution >= 0.6 is 0 Å². The number of hydrogen-bond donors (Lipinski definition) is 0. The van der Waals surface area contributed by atoms with Crippen LogP contribution in [0.1, 0.15) is 43.6 Å². The smallest absolute Gasteiger partial charge is 0.310 e. The van der Waals surface area contributed by atoms with E-state index in [9.17, 15) is 10.1 Å². The highest BCUT2D eigenvalue weighted by Gasteiger charge is 2.17. The monoisotopic (exact) mass is 483 g/mol. The number of carbonyl (C=O) groups excluding carboxylic acids is 1. The lowest BCUT2D eigenvalue weighted by atomic mass is 10.00. The average Bonchev–Trinajstić information content (AvgIpc) is 3.26. The third-order valence-corrected chi connectivity index (χ3v) is 5.89. The van der Waals surface area contributed by atoms with Crippen LogP contribution in [0.25, 0.3) is 22.0 Å². The Labute approximate surface area is 210 Å². The zero-order valence-electron chi connectivity index (χ0n) is 20.9. The summed E-state index contributed by atoms with van der Waals surface area (Å²) in [6.45, 7) is 6.52. The number of esters is 1. The highest BCUT2D eigenvalue weighted by atomic mass is 16.5. The van der Waals surface area contributed by atoms with Crippen molar-refractivity contribution in [3.8, 4) is 28.7 Å². The largest absolute Gasteiger partial charge is 0.496 e. The first kappa shape index (κ1) is 24.8. The fraction of sp³-hybridized carbons (Fsp3) is 0.276. The fourth-order valence-corrected chi connectivity index (χ4v) is 4.18. The number of para-hydroxylation sites is 1. The van der Waals surface area contributed by atoms with Crippen molar-refractivity contribution in [2.24, 2.45) is 0 Å². The van der Waals surface area contributed by atoms with Gasteiger partial charge >= 0.3 is 5.97 Å². The molecule has 0 bridgehead atoms. The molecule has 0 N–H and O–H groups in total. The minimum absolute atomic E-state index is 0.143. The minimum Gasteiger partial charge on any atom is -0.496 e. The molecule has 7 heteroatoms. The summed E-state index contributed by atoms with van der Waals surface area (Å²) < 4.78 is 18.8. The molecule has 4 aromatic rings. The van der Waals surface area contributed by atoms with Crippen molar-refractivity contribution in [3.63, 3.8) is 0 Å². The van der Waals surface area contributed by atoms with Crippen molar-refractivity contribution >= 4 is 16.9 Å². The van der Waals surface area contributed by atoms with E-state index in [-0.39, 0.29) is 25.0 Å². The number of ether oxygens (including phenoxy) is 3. The molecule has 3 aromatic carbocycles. The van der Waals surface area contributed by atoms with Gasteiger partial charge in [-0.2, -0.15) is 10.4 Å². The molecular formula is C29H29N3O4. The van der Waals surface area contributed by atoms with Crippen molar-refractivity contribution < 1.29 is 19.0 Å². The normalized spacial score (nSPS) is 10.9. The fourth-order valence-electron chi connectivity index (χ4n) is 4.18. The Kier molecular flexibility index (Phi) is 7.55. The van der Waals surface area contributed by atoms with Crippen LogP contribution in [-0.4, -0.2) is 29.5 Å². The van der Waals surface area contributed by atoms with E-state index >= 15 is 0 Å². The molecule has 7 nitrogen and oxygen atoms in total. The Morgan fingerprint density at radius 3 is 2.61 bits per heavy atom. The lowest BCUT2D eigenvalue weighted by Crippen LogP contribution is -2.09. The first-order chi connectivity index (χ1) is 17.4. The van der Waals surface area contributed by atoms with Gasteiger partial charge in [-0.15, -0.1) is 0 Å². The van der Waals surface area contributed by atoms with Crippen molar-refractivity contribution in [1.29, 1.82) is 5.26 Å². The van der Waals surface area contributed by atoms with Crippen molar-refractivity contribution in [3.05, 3.63) is 77.5 Å². The van der Waals surface area contributed by atoms with Crippen LogP contribution in [0.2, 0.25) is 0 Å². The van der Waals surface area contributed by atoms with Crippen LogP contribution in [0.4, 0.5) is 0 Å². The molecule has 0 aliphatic carbocycles. The number of carbonyl (C=O) groups is 1. The number of nitrogens with zero attached hydrogens (tertiary/aromatic N) is 3. The zero-order valence-corrected chi connectivity index (χ0v) is 20.9. The molecule has 4 rings (SSSR count). The summed E-state index contributed by atoms with van der Waals surface area (Å²) >= 11 is 0. The van der Waals surface area contributed by atoms with Crippen molar-refractivity contribution in [2.45, 2.75) is 39.8 Å². The molecule has 1 aromatic heterocycles. The van der Waals surface area contributed by atoms with E-state index in [0.29, 0.717) is 23.7 Å². The number of fused-ring (bicyclic) bond motifs is 1. The Bertz CT molecular complexity index is 1430. The van der Waals surface area contributed by atoms with Gasteiger partial charge in [0.25, 0.3) is 0 Å². The summed E-state index contributed by atoms with van der Waals surface area (Å²) in [4.78, 5) is 12.0. The van der Waals surface area contributed by atoms with E-state index in [0.717, 1.165) is 33.3 Å². The second-order valence-corrected chi connectivity index (χ2v) is 8.62. The predicted molar refractivity (Wildman–Crippen MR) is 138 cm³/mol. The van der Waals surface area contributed by atoms with E-state index in [4.69, 9.17) is 19.3 Å². The van der Waals surface area contributed by atoms with E-state index in [1.807, 2.05) is 47.1 Å². The highest BCUT2D eigenvalue weighted by molar-refractivity contribution is 5.88. The first-order valence-electron chi connectivity index (χ1n) is 11.9. The van der Waals surface area contributed by atoms with Crippen LogP contribution in [0.15, 0.2) is 60.7 Å². The second kappa shape index (κ2) is 11.0. The molecule has 0 amide bonds. The van der Waals surface area contributed by atoms with Gasteiger partial charge < -0.3 is 14.2 Å². The number of hydrogen-bond acceptors (Lipinski definition) is 6. The van der Waals surface area contributed by atoms with Crippen molar-refractivity contribution in [1.82, 2.24) is 9.78 Å². The Balaban J connectivity index is 1.72. The quantitative estimate of drug-likeness (QED) is 0.278. The summed E-state index contributed by atoms with van der Waals surface area (Å²) in [5, 5.41) is 15.2. The van der Waals surface area contributed by atoms with Gasteiger partial charge in [0.05, 0.1) is 37.3 Å². The summed E-state index contributed by atoms with van der Waals surface area (Å²) in [7, 11) is 1.62. The maximum Gasteiger partial charge on any atom is 0.310 e. The molecule has 1 heterocycles. The molecule has 36 heavy (non-hydrogen) atoms. The molecular weight excluding hydrogens is 454 g/mol. The van der Waals surface area contributed by atoms with E-state index in [1.165, 1.54) is 0 Å². The van der Waals surface area contributed by atoms with Gasteiger partial charge in [0.1, 0.15) is 23.8 Å². The summed E-state index contributed by atoms with van der Waals surface area (Å²) in [6, 6.07) is 21.3. The maximum atomic E-state index is 12.0. The standard InChI is InChI=1S/C29H29N3O4/c1-5-35-29(33)16-22-8-6-7-9-27(22)36-18-25-24-15-21(11-12-26(24)32(31-25)19(2)3)23-14-20(17-30)10-13-28(23)34-4/h6-15,19H,5,16,18H2,1-4H3. The molecule has 0 fully saturated rings. The zero-order chi connectivity index (χ0) is 25.7. The summed E-state index contributed by atoms with van der Waals surface area (Å²) in [5.74, 6) is 1.02. The summed E-state index contributed by atoms with van der Waals surface area (Å²) in [5.41, 5.74) is 4.85. The Morgan fingerprint density at radius 2 is 1.89 bits per heavy atom. The lowest BCUT2D eigenvalue weighted by Gasteiger charge is -2.11. The number of aromatic nitrogens is 2. The van der Waals surface area contributed by atoms with Gasteiger partial charge in [-0.1, -0.05) is 24.3 Å². The van der Waals surface area contributed by atoms with Crippen molar-refractivity contribution in [2.75, 3.05) is 13.7 Å². The molecule has 0 radical (unpaired) electrons. The third-order valence-electron chi connectivity index (χ3n) is 5.89. The predicted octanol–water partition coefficient (Wildman–Crippen LogP) is 5.85.